The number of halogens is 2. The van der Waals surface area contributed by atoms with E-state index < -0.39 is 0 Å². The Morgan fingerprint density at radius 3 is 2.77 bits per heavy atom. The summed E-state index contributed by atoms with van der Waals surface area (Å²) in [7, 11) is 1.87. The zero-order valence-electron chi connectivity index (χ0n) is 7.77. The monoisotopic (exact) mass is 245 g/mol. The van der Waals surface area contributed by atoms with Gasteiger partial charge in [-0.2, -0.15) is 0 Å². The normalized spacial score (nSPS) is 12.9. The lowest BCUT2D eigenvalue weighted by molar-refractivity contribution is 0.576. The summed E-state index contributed by atoms with van der Waals surface area (Å²) in [6.45, 7) is 2.79. The smallest absolute Gasteiger partial charge is 0.127 e. The van der Waals surface area contributed by atoms with Crippen molar-refractivity contribution in [3.63, 3.8) is 0 Å². The molecular formula is C10H13BrFN. The number of nitrogens with one attached hydrogen (secondary N) is 1. The van der Waals surface area contributed by atoms with Gasteiger partial charge in [0.05, 0.1) is 0 Å². The Hall–Kier alpha value is -0.410. The van der Waals surface area contributed by atoms with Crippen LogP contribution in [0.3, 0.4) is 0 Å². The van der Waals surface area contributed by atoms with Crippen LogP contribution in [0.25, 0.3) is 0 Å². The number of benzene rings is 1. The molecule has 13 heavy (non-hydrogen) atoms. The second kappa shape index (κ2) is 4.72. The van der Waals surface area contributed by atoms with Gasteiger partial charge in [0.25, 0.3) is 0 Å². The zero-order valence-corrected chi connectivity index (χ0v) is 9.36. The van der Waals surface area contributed by atoms with Gasteiger partial charge in [0, 0.05) is 11.0 Å². The van der Waals surface area contributed by atoms with Gasteiger partial charge in [-0.05, 0) is 30.7 Å². The molecule has 72 valence electrons. The van der Waals surface area contributed by atoms with E-state index in [0.717, 1.165) is 16.6 Å². The topological polar surface area (TPSA) is 12.0 Å². The van der Waals surface area contributed by atoms with E-state index >= 15 is 0 Å². The first-order chi connectivity index (χ1) is 6.15. The third-order valence-electron chi connectivity index (χ3n) is 2.00. The van der Waals surface area contributed by atoms with E-state index in [9.17, 15) is 4.39 Å². The maximum absolute atomic E-state index is 13.4. The van der Waals surface area contributed by atoms with Crippen LogP contribution in [0.2, 0.25) is 0 Å². The molecule has 1 N–H and O–H groups in total. The summed E-state index contributed by atoms with van der Waals surface area (Å²) in [5.74, 6) is 0.0650. The van der Waals surface area contributed by atoms with Gasteiger partial charge in [0.15, 0.2) is 0 Å². The van der Waals surface area contributed by atoms with Gasteiger partial charge >= 0.3 is 0 Å². The van der Waals surface area contributed by atoms with Gasteiger partial charge in [0.2, 0.25) is 0 Å². The summed E-state index contributed by atoms with van der Waals surface area (Å²) < 4.78 is 14.1. The van der Waals surface area contributed by atoms with Crippen molar-refractivity contribution in [2.24, 2.45) is 0 Å². The van der Waals surface area contributed by atoms with E-state index in [4.69, 9.17) is 0 Å². The van der Waals surface area contributed by atoms with Crippen LogP contribution < -0.4 is 5.32 Å². The molecule has 3 heteroatoms. The minimum Gasteiger partial charge on any atom is -0.319 e. The molecule has 1 aromatic rings. The van der Waals surface area contributed by atoms with Crippen molar-refractivity contribution in [3.8, 4) is 0 Å². The van der Waals surface area contributed by atoms with Crippen molar-refractivity contribution in [1.82, 2.24) is 5.32 Å². The summed E-state index contributed by atoms with van der Waals surface area (Å²) in [5.41, 5.74) is 0.762. The van der Waals surface area contributed by atoms with Gasteiger partial charge in [-0.3, -0.25) is 0 Å². The molecule has 0 aliphatic carbocycles. The molecule has 1 aromatic carbocycles. The molecule has 0 spiro atoms. The third-order valence-corrected chi connectivity index (χ3v) is 2.50. The van der Waals surface area contributed by atoms with Gasteiger partial charge in [-0.15, -0.1) is 0 Å². The van der Waals surface area contributed by atoms with E-state index in [-0.39, 0.29) is 11.7 Å². The van der Waals surface area contributed by atoms with E-state index in [2.05, 4.69) is 21.2 Å². The lowest BCUT2D eigenvalue weighted by atomic mass is 10.0. The Morgan fingerprint density at radius 2 is 2.23 bits per heavy atom. The summed E-state index contributed by atoms with van der Waals surface area (Å²) in [6, 6.07) is 5.19. The largest absolute Gasteiger partial charge is 0.319 e. The molecule has 0 fully saturated rings. The standard InChI is InChI=1S/C10H13BrFN/c1-7(6-13-2)9-4-3-8(11)5-10(9)12/h3-5,7,13H,6H2,1-2H3. The molecule has 0 heterocycles. The Balaban J connectivity index is 2.88. The summed E-state index contributed by atoms with van der Waals surface area (Å²) in [5, 5.41) is 3.03. The Kier molecular flexibility index (Phi) is 3.88. The van der Waals surface area contributed by atoms with Crippen molar-refractivity contribution >= 4 is 15.9 Å². The van der Waals surface area contributed by atoms with E-state index in [1.165, 1.54) is 6.07 Å². The van der Waals surface area contributed by atoms with E-state index in [0.29, 0.717) is 0 Å². The van der Waals surface area contributed by atoms with Crippen molar-refractivity contribution in [3.05, 3.63) is 34.1 Å². The van der Waals surface area contributed by atoms with Crippen LogP contribution in [0.4, 0.5) is 4.39 Å². The first-order valence-corrected chi connectivity index (χ1v) is 5.04. The molecule has 1 rings (SSSR count). The fourth-order valence-corrected chi connectivity index (χ4v) is 1.65. The molecule has 0 aliphatic rings. The first kappa shape index (κ1) is 10.7. The minimum atomic E-state index is -0.142. The fourth-order valence-electron chi connectivity index (χ4n) is 1.32. The number of likely N-dealkylation sites (N-methyl/N-ethyl adjacent to an activating group) is 1. The number of hydrogen-bond acceptors (Lipinski definition) is 1. The van der Waals surface area contributed by atoms with Crippen molar-refractivity contribution in [1.29, 1.82) is 0 Å². The Bertz CT molecular complexity index is 288. The molecule has 0 saturated carbocycles. The van der Waals surface area contributed by atoms with Crippen LogP contribution in [-0.4, -0.2) is 13.6 Å². The number of rotatable bonds is 3. The molecule has 0 aromatic heterocycles. The second-order valence-corrected chi connectivity index (χ2v) is 4.04. The van der Waals surface area contributed by atoms with Gasteiger partial charge in [-0.1, -0.05) is 28.9 Å². The van der Waals surface area contributed by atoms with Crippen LogP contribution in [0.1, 0.15) is 18.4 Å². The highest BCUT2D eigenvalue weighted by Gasteiger charge is 2.09. The van der Waals surface area contributed by atoms with Gasteiger partial charge < -0.3 is 5.32 Å². The Morgan fingerprint density at radius 1 is 1.54 bits per heavy atom. The first-order valence-electron chi connectivity index (χ1n) is 4.24. The van der Waals surface area contributed by atoms with Crippen LogP contribution in [0.15, 0.2) is 22.7 Å². The van der Waals surface area contributed by atoms with Crippen molar-refractivity contribution in [2.75, 3.05) is 13.6 Å². The molecule has 0 bridgehead atoms. The highest BCUT2D eigenvalue weighted by Crippen LogP contribution is 2.21. The average molecular weight is 246 g/mol. The molecular weight excluding hydrogens is 233 g/mol. The van der Waals surface area contributed by atoms with Crippen molar-refractivity contribution in [2.45, 2.75) is 12.8 Å². The maximum Gasteiger partial charge on any atom is 0.127 e. The predicted molar refractivity (Wildman–Crippen MR) is 56.4 cm³/mol. The Labute approximate surface area is 86.5 Å². The quantitative estimate of drug-likeness (QED) is 0.864. The summed E-state index contributed by atoms with van der Waals surface area (Å²) in [4.78, 5) is 0. The predicted octanol–water partition coefficient (Wildman–Crippen LogP) is 2.91. The van der Waals surface area contributed by atoms with Gasteiger partial charge in [-0.25, -0.2) is 4.39 Å². The highest BCUT2D eigenvalue weighted by molar-refractivity contribution is 9.10. The molecule has 0 amide bonds. The SMILES string of the molecule is CNCC(C)c1ccc(Br)cc1F. The second-order valence-electron chi connectivity index (χ2n) is 3.12. The zero-order chi connectivity index (χ0) is 9.84. The van der Waals surface area contributed by atoms with E-state index in [1.807, 2.05) is 26.1 Å². The summed E-state index contributed by atoms with van der Waals surface area (Å²) >= 11 is 3.23. The van der Waals surface area contributed by atoms with Crippen LogP contribution >= 0.6 is 15.9 Å². The molecule has 0 saturated heterocycles. The maximum atomic E-state index is 13.4. The lowest BCUT2D eigenvalue weighted by Crippen LogP contribution is -2.15. The highest BCUT2D eigenvalue weighted by atomic mass is 79.9. The van der Waals surface area contributed by atoms with Crippen LogP contribution in [0.5, 0.6) is 0 Å². The number of hydrogen-bond donors (Lipinski definition) is 1. The van der Waals surface area contributed by atoms with Crippen LogP contribution in [-0.2, 0) is 0 Å². The minimum absolute atomic E-state index is 0.142. The van der Waals surface area contributed by atoms with Gasteiger partial charge in [0.1, 0.15) is 5.82 Å². The lowest BCUT2D eigenvalue weighted by Gasteiger charge is -2.11. The van der Waals surface area contributed by atoms with E-state index in [1.54, 1.807) is 0 Å². The van der Waals surface area contributed by atoms with Crippen molar-refractivity contribution < 1.29 is 4.39 Å². The fraction of sp³-hybridized carbons (Fsp3) is 0.400. The molecule has 0 radical (unpaired) electrons. The van der Waals surface area contributed by atoms with Crippen LogP contribution in [0, 0.1) is 5.82 Å². The molecule has 1 atom stereocenters. The summed E-state index contributed by atoms with van der Waals surface area (Å²) in [6.07, 6.45) is 0. The molecule has 1 unspecified atom stereocenters. The molecule has 1 nitrogen and oxygen atoms in total. The molecule has 0 aliphatic heterocycles. The average Bonchev–Trinajstić information content (AvgIpc) is 2.04. The third kappa shape index (κ3) is 2.78.